The second-order valence-corrected chi connectivity index (χ2v) is 3.60. The average molecular weight is 311 g/mol. The molecule has 0 spiro atoms. The first-order chi connectivity index (χ1) is 9.61. The lowest BCUT2D eigenvalue weighted by Crippen LogP contribution is -2.34. The molecule has 3 atom stereocenters. The summed E-state index contributed by atoms with van der Waals surface area (Å²) < 4.78 is 19.6. The lowest BCUT2D eigenvalue weighted by molar-refractivity contribution is -0.0394. The minimum absolute atomic E-state index is 0.0345. The van der Waals surface area contributed by atoms with E-state index in [1.165, 1.54) is 12.6 Å². The topological polar surface area (TPSA) is 84.3 Å². The van der Waals surface area contributed by atoms with Crippen LogP contribution in [0.1, 0.15) is 26.5 Å². The van der Waals surface area contributed by atoms with Crippen molar-refractivity contribution in [3.05, 3.63) is 33.1 Å². The fourth-order valence-corrected chi connectivity index (χ4v) is 1.69. The van der Waals surface area contributed by atoms with E-state index in [4.69, 9.17) is 9.84 Å². The van der Waals surface area contributed by atoms with Gasteiger partial charge in [0.05, 0.1) is 12.7 Å². The van der Waals surface area contributed by atoms with Crippen molar-refractivity contribution in [2.24, 2.45) is 0 Å². The molecule has 0 bridgehead atoms. The highest BCUT2D eigenvalue weighted by Gasteiger charge is 2.36. The second kappa shape index (κ2) is 9.68. The van der Waals surface area contributed by atoms with Crippen LogP contribution < -0.4 is 11.2 Å². The number of H-pyrrole nitrogens is 1. The van der Waals surface area contributed by atoms with Crippen LogP contribution in [0.25, 0.3) is 0 Å². The number of aromatic amines is 1. The molecule has 20 heavy (non-hydrogen) atoms. The van der Waals surface area contributed by atoms with Gasteiger partial charge in [-0.2, -0.15) is 0 Å². The maximum absolute atomic E-state index is 13.5. The zero-order valence-corrected chi connectivity index (χ0v) is 12.4. The van der Waals surface area contributed by atoms with E-state index in [-0.39, 0.29) is 13.0 Å². The predicted octanol–water partition coefficient (Wildman–Crippen LogP) is 1.04. The number of hydrogen-bond donors (Lipinski definition) is 2. The lowest BCUT2D eigenvalue weighted by atomic mass is 10.2. The van der Waals surface area contributed by atoms with E-state index in [0.717, 1.165) is 10.6 Å². The van der Waals surface area contributed by atoms with Crippen molar-refractivity contribution in [2.45, 2.75) is 38.8 Å². The number of aliphatic hydroxyl groups is 1. The molecule has 0 amide bonds. The smallest absolute Gasteiger partial charge is 0.330 e. The molecule has 3 unspecified atom stereocenters. The summed E-state index contributed by atoms with van der Waals surface area (Å²) in [5, 5.41) is 8.83. The Kier molecular flexibility index (Phi) is 9.11. The molecule has 2 rings (SSSR count). The number of aliphatic hydroxyl groups excluding tert-OH is 1. The Labute approximate surface area is 121 Å². The summed E-state index contributed by atoms with van der Waals surface area (Å²) in [5.41, 5.74) is -1.27. The van der Waals surface area contributed by atoms with Gasteiger partial charge in [-0.15, -0.1) is 11.6 Å². The fraction of sp³-hybridized carbons (Fsp3) is 0.667. The molecule has 1 fully saturated rings. The van der Waals surface area contributed by atoms with Gasteiger partial charge in [0.15, 0.2) is 6.23 Å². The van der Waals surface area contributed by atoms with Crippen molar-refractivity contribution in [1.82, 2.24) is 9.55 Å². The SMILES string of the molecule is CC.CCl.O=c1ccn(C2OC(CO)CC2F)c(=O)[nH]1. The lowest BCUT2D eigenvalue weighted by Gasteiger charge is -2.15. The van der Waals surface area contributed by atoms with Gasteiger partial charge in [0, 0.05) is 25.1 Å². The van der Waals surface area contributed by atoms with E-state index < -0.39 is 29.8 Å². The molecule has 8 heteroatoms. The third-order valence-corrected chi connectivity index (χ3v) is 2.46. The minimum atomic E-state index is -1.37. The van der Waals surface area contributed by atoms with Gasteiger partial charge in [-0.3, -0.25) is 14.3 Å². The summed E-state index contributed by atoms with van der Waals surface area (Å²) in [4.78, 5) is 24.2. The molecule has 1 aromatic rings. The van der Waals surface area contributed by atoms with Gasteiger partial charge in [-0.05, 0) is 0 Å². The van der Waals surface area contributed by atoms with Crippen molar-refractivity contribution >= 4 is 11.6 Å². The Morgan fingerprint density at radius 3 is 2.55 bits per heavy atom. The highest BCUT2D eigenvalue weighted by Crippen LogP contribution is 2.29. The molecule has 1 aliphatic rings. The number of hydrogen-bond acceptors (Lipinski definition) is 4. The third kappa shape index (κ3) is 4.73. The highest BCUT2D eigenvalue weighted by molar-refractivity contribution is 6.15. The number of rotatable bonds is 2. The fourth-order valence-electron chi connectivity index (χ4n) is 1.69. The summed E-state index contributed by atoms with van der Waals surface area (Å²) >= 11 is 4.64. The molecule has 6 nitrogen and oxygen atoms in total. The van der Waals surface area contributed by atoms with Crippen LogP contribution in [0.5, 0.6) is 0 Å². The molecule has 0 saturated carbocycles. The van der Waals surface area contributed by atoms with Crippen molar-refractivity contribution in [3.8, 4) is 0 Å². The molecule has 1 aromatic heterocycles. The summed E-state index contributed by atoms with van der Waals surface area (Å²) in [5.74, 6) is 0. The van der Waals surface area contributed by atoms with Crippen LogP contribution in [-0.4, -0.2) is 39.9 Å². The van der Waals surface area contributed by atoms with Gasteiger partial charge < -0.3 is 9.84 Å². The molecule has 0 aliphatic carbocycles. The zero-order chi connectivity index (χ0) is 15.7. The highest BCUT2D eigenvalue weighted by atomic mass is 35.5. The number of ether oxygens (including phenoxy) is 1. The average Bonchev–Trinajstić information content (AvgIpc) is 2.84. The van der Waals surface area contributed by atoms with E-state index >= 15 is 0 Å². The number of nitrogens with zero attached hydrogens (tertiary/aromatic N) is 1. The molecular formula is C12H20ClFN2O4. The van der Waals surface area contributed by atoms with Gasteiger partial charge in [0.2, 0.25) is 0 Å². The number of aromatic nitrogens is 2. The molecule has 0 radical (unpaired) electrons. The molecule has 2 N–H and O–H groups in total. The van der Waals surface area contributed by atoms with Crippen molar-refractivity contribution in [3.63, 3.8) is 0 Å². The van der Waals surface area contributed by atoms with Gasteiger partial charge >= 0.3 is 5.69 Å². The van der Waals surface area contributed by atoms with Gasteiger partial charge in [-0.1, -0.05) is 13.8 Å². The van der Waals surface area contributed by atoms with E-state index in [0.29, 0.717) is 0 Å². The maximum Gasteiger partial charge on any atom is 0.330 e. The number of halogens is 2. The van der Waals surface area contributed by atoms with Crippen LogP contribution in [0, 0.1) is 0 Å². The van der Waals surface area contributed by atoms with Crippen LogP contribution in [0.2, 0.25) is 0 Å². The normalized spacial score (nSPS) is 24.2. The Hall–Kier alpha value is -1.18. The molecular weight excluding hydrogens is 291 g/mol. The summed E-state index contributed by atoms with van der Waals surface area (Å²) in [6, 6.07) is 1.11. The molecule has 116 valence electrons. The van der Waals surface area contributed by atoms with Crippen LogP contribution in [0.4, 0.5) is 4.39 Å². The van der Waals surface area contributed by atoms with E-state index in [1.54, 1.807) is 0 Å². The van der Waals surface area contributed by atoms with Gasteiger partial charge in [0.1, 0.15) is 6.17 Å². The van der Waals surface area contributed by atoms with Crippen LogP contribution in [-0.2, 0) is 4.74 Å². The van der Waals surface area contributed by atoms with Crippen molar-refractivity contribution < 1.29 is 14.2 Å². The molecule has 1 aliphatic heterocycles. The van der Waals surface area contributed by atoms with E-state index in [9.17, 15) is 14.0 Å². The van der Waals surface area contributed by atoms with E-state index in [1.807, 2.05) is 18.8 Å². The minimum Gasteiger partial charge on any atom is -0.394 e. The summed E-state index contributed by atoms with van der Waals surface area (Å²) in [6.07, 6.45) is -0.383. The first-order valence-electron chi connectivity index (χ1n) is 6.21. The Bertz CT molecular complexity index is 491. The monoisotopic (exact) mass is 310 g/mol. The molecule has 1 saturated heterocycles. The Morgan fingerprint density at radius 2 is 2.10 bits per heavy atom. The summed E-state index contributed by atoms with van der Waals surface area (Å²) in [6.45, 7) is 3.70. The van der Waals surface area contributed by atoms with Crippen LogP contribution >= 0.6 is 11.6 Å². The Morgan fingerprint density at radius 1 is 1.50 bits per heavy atom. The standard InChI is InChI=1S/C9H11FN2O4.C2H6.CH3Cl/c10-6-3-5(4-13)16-8(6)12-2-1-7(14)11-9(12)15;2*1-2/h1-2,5-6,8,13H,3-4H2,(H,11,14,15);1-2H3;1H3. The first kappa shape index (κ1) is 18.8. The van der Waals surface area contributed by atoms with E-state index in [2.05, 4.69) is 11.6 Å². The maximum atomic E-state index is 13.5. The third-order valence-electron chi connectivity index (χ3n) is 2.46. The molecule has 2 heterocycles. The summed E-state index contributed by atoms with van der Waals surface area (Å²) in [7, 11) is 0. The first-order valence-corrected chi connectivity index (χ1v) is 6.97. The van der Waals surface area contributed by atoms with Gasteiger partial charge in [0.25, 0.3) is 5.56 Å². The van der Waals surface area contributed by atoms with Crippen molar-refractivity contribution in [2.75, 3.05) is 13.0 Å². The second-order valence-electron chi connectivity index (χ2n) is 3.60. The zero-order valence-electron chi connectivity index (χ0n) is 11.7. The predicted molar refractivity (Wildman–Crippen MR) is 75.0 cm³/mol. The van der Waals surface area contributed by atoms with Crippen LogP contribution in [0.15, 0.2) is 21.9 Å². The van der Waals surface area contributed by atoms with Crippen LogP contribution in [0.3, 0.4) is 0 Å². The number of nitrogens with one attached hydrogen (secondary N) is 1. The van der Waals surface area contributed by atoms with Gasteiger partial charge in [-0.25, -0.2) is 9.18 Å². The molecule has 0 aromatic carbocycles. The Balaban J connectivity index is 0.000000829. The number of alkyl halides is 2. The quantitative estimate of drug-likeness (QED) is 0.799. The largest absolute Gasteiger partial charge is 0.394 e. The van der Waals surface area contributed by atoms with Crippen molar-refractivity contribution in [1.29, 1.82) is 0 Å².